The van der Waals surface area contributed by atoms with E-state index in [-0.39, 0.29) is 11.3 Å². The molecule has 0 fully saturated rings. The number of hydrogen-bond acceptors (Lipinski definition) is 4. The average molecular weight is 242 g/mol. The molecule has 0 saturated heterocycles. The minimum Gasteiger partial charge on any atom is -0.496 e. The summed E-state index contributed by atoms with van der Waals surface area (Å²) >= 11 is 1.18. The van der Waals surface area contributed by atoms with Crippen molar-refractivity contribution in [2.24, 2.45) is 0 Å². The van der Waals surface area contributed by atoms with Crippen LogP contribution in [-0.2, 0) is 0 Å². The first-order valence-electron chi connectivity index (χ1n) is 4.36. The Hall–Kier alpha value is -1.69. The maximum atomic E-state index is 13.6. The summed E-state index contributed by atoms with van der Waals surface area (Å²) < 4.78 is 31.5. The van der Waals surface area contributed by atoms with Gasteiger partial charge < -0.3 is 10.5 Å². The number of anilines is 1. The van der Waals surface area contributed by atoms with Gasteiger partial charge in [-0.1, -0.05) is 0 Å². The van der Waals surface area contributed by atoms with Crippen molar-refractivity contribution in [3.8, 4) is 17.0 Å². The van der Waals surface area contributed by atoms with Gasteiger partial charge in [0.2, 0.25) is 0 Å². The minimum absolute atomic E-state index is 0.0998. The lowest BCUT2D eigenvalue weighted by Gasteiger charge is -2.07. The van der Waals surface area contributed by atoms with Crippen LogP contribution in [0.4, 0.5) is 13.9 Å². The zero-order valence-electron chi connectivity index (χ0n) is 8.33. The normalized spacial score (nSPS) is 10.4. The zero-order chi connectivity index (χ0) is 11.7. The third-order valence-corrected chi connectivity index (χ3v) is 2.69. The molecule has 0 radical (unpaired) electrons. The molecule has 2 aromatic rings. The Morgan fingerprint density at radius 2 is 2.12 bits per heavy atom. The van der Waals surface area contributed by atoms with Gasteiger partial charge in [0, 0.05) is 17.5 Å². The van der Waals surface area contributed by atoms with Gasteiger partial charge >= 0.3 is 0 Å². The van der Waals surface area contributed by atoms with Crippen LogP contribution in [0, 0.1) is 11.6 Å². The van der Waals surface area contributed by atoms with E-state index < -0.39 is 11.6 Å². The fourth-order valence-corrected chi connectivity index (χ4v) is 1.92. The van der Waals surface area contributed by atoms with Gasteiger partial charge in [-0.05, 0) is 0 Å². The van der Waals surface area contributed by atoms with E-state index in [0.717, 1.165) is 12.1 Å². The van der Waals surface area contributed by atoms with Crippen LogP contribution in [0.25, 0.3) is 11.3 Å². The highest BCUT2D eigenvalue weighted by Gasteiger charge is 2.16. The van der Waals surface area contributed by atoms with Gasteiger partial charge in [0.05, 0.1) is 18.4 Å². The van der Waals surface area contributed by atoms with Crippen molar-refractivity contribution in [2.75, 3.05) is 12.8 Å². The number of aromatic nitrogens is 1. The summed E-state index contributed by atoms with van der Waals surface area (Å²) in [5.41, 5.74) is 5.92. The van der Waals surface area contributed by atoms with E-state index in [4.69, 9.17) is 10.5 Å². The summed E-state index contributed by atoms with van der Waals surface area (Å²) in [6, 6.07) is 1.89. The molecule has 2 rings (SSSR count). The highest BCUT2D eigenvalue weighted by Crippen LogP contribution is 2.34. The van der Waals surface area contributed by atoms with Gasteiger partial charge in [-0.3, -0.25) is 0 Å². The fraction of sp³-hybridized carbons (Fsp3) is 0.100. The topological polar surface area (TPSA) is 48.1 Å². The molecule has 16 heavy (non-hydrogen) atoms. The summed E-state index contributed by atoms with van der Waals surface area (Å²) in [5.74, 6) is -1.31. The van der Waals surface area contributed by atoms with Gasteiger partial charge in [0.25, 0.3) is 0 Å². The van der Waals surface area contributed by atoms with Gasteiger partial charge in [0.1, 0.15) is 17.4 Å². The lowest BCUT2D eigenvalue weighted by molar-refractivity contribution is 0.409. The number of benzene rings is 1. The van der Waals surface area contributed by atoms with Crippen LogP contribution in [0.3, 0.4) is 0 Å². The molecule has 0 aliphatic heterocycles. The molecule has 0 aliphatic carbocycles. The lowest BCUT2D eigenvalue weighted by Crippen LogP contribution is -1.94. The molecule has 0 saturated carbocycles. The van der Waals surface area contributed by atoms with E-state index in [2.05, 4.69) is 4.98 Å². The molecule has 0 amide bonds. The van der Waals surface area contributed by atoms with Crippen molar-refractivity contribution < 1.29 is 13.5 Å². The van der Waals surface area contributed by atoms with Gasteiger partial charge in [0.15, 0.2) is 5.13 Å². The lowest BCUT2D eigenvalue weighted by atomic mass is 10.1. The third-order valence-electron chi connectivity index (χ3n) is 2.02. The first kappa shape index (κ1) is 10.8. The highest BCUT2D eigenvalue weighted by molar-refractivity contribution is 7.13. The number of ether oxygens (including phenoxy) is 1. The summed E-state index contributed by atoms with van der Waals surface area (Å²) in [6.07, 6.45) is 0. The van der Waals surface area contributed by atoms with Crippen molar-refractivity contribution in [1.82, 2.24) is 4.98 Å². The van der Waals surface area contributed by atoms with Crippen LogP contribution in [0.2, 0.25) is 0 Å². The Kier molecular flexibility index (Phi) is 2.74. The number of methoxy groups -OCH3 is 1. The summed E-state index contributed by atoms with van der Waals surface area (Å²) in [7, 11) is 1.34. The molecule has 3 nitrogen and oxygen atoms in total. The molecular weight excluding hydrogens is 234 g/mol. The number of nitrogens with zero attached hydrogens (tertiary/aromatic N) is 1. The van der Waals surface area contributed by atoms with Crippen LogP contribution in [0.15, 0.2) is 17.5 Å². The largest absolute Gasteiger partial charge is 0.496 e. The molecule has 0 atom stereocenters. The number of thiazole rings is 1. The molecule has 6 heteroatoms. The number of rotatable bonds is 2. The predicted octanol–water partition coefficient (Wildman–Crippen LogP) is 2.68. The van der Waals surface area contributed by atoms with Crippen molar-refractivity contribution in [3.05, 3.63) is 29.1 Å². The van der Waals surface area contributed by atoms with Crippen LogP contribution in [0.1, 0.15) is 0 Å². The van der Waals surface area contributed by atoms with Crippen molar-refractivity contribution in [3.63, 3.8) is 0 Å². The molecule has 0 aliphatic rings. The van der Waals surface area contributed by atoms with E-state index in [1.165, 1.54) is 18.4 Å². The molecule has 2 N–H and O–H groups in total. The number of nitrogen functional groups attached to an aromatic ring is 1. The van der Waals surface area contributed by atoms with Crippen LogP contribution in [-0.4, -0.2) is 12.1 Å². The molecule has 0 unspecified atom stereocenters. The second-order valence-electron chi connectivity index (χ2n) is 3.04. The molecule has 0 bridgehead atoms. The Morgan fingerprint density at radius 1 is 1.38 bits per heavy atom. The fourth-order valence-electron chi connectivity index (χ4n) is 1.36. The smallest absolute Gasteiger partial charge is 0.180 e. The molecule has 1 aromatic heterocycles. The molecule has 1 aromatic carbocycles. The standard InChI is InChI=1S/C10H8F2N2OS/c1-15-8-3-5(11)2-6(12)9(8)7-4-16-10(13)14-7/h2-4H,1H3,(H2,13,14). The second-order valence-corrected chi connectivity index (χ2v) is 3.93. The van der Waals surface area contributed by atoms with Crippen molar-refractivity contribution in [2.45, 2.75) is 0 Å². The SMILES string of the molecule is COc1cc(F)cc(F)c1-c1csc(N)n1. The van der Waals surface area contributed by atoms with E-state index in [1.54, 1.807) is 5.38 Å². The second kappa shape index (κ2) is 4.05. The predicted molar refractivity (Wildman–Crippen MR) is 58.4 cm³/mol. The number of nitrogens with two attached hydrogens (primary N) is 1. The maximum Gasteiger partial charge on any atom is 0.180 e. The van der Waals surface area contributed by atoms with E-state index in [0.29, 0.717) is 10.8 Å². The molecule has 84 valence electrons. The monoisotopic (exact) mass is 242 g/mol. The van der Waals surface area contributed by atoms with E-state index in [9.17, 15) is 8.78 Å². The Labute approximate surface area is 94.5 Å². The van der Waals surface area contributed by atoms with Crippen molar-refractivity contribution in [1.29, 1.82) is 0 Å². The molecule has 0 spiro atoms. The van der Waals surface area contributed by atoms with Gasteiger partial charge in [-0.25, -0.2) is 13.8 Å². The summed E-state index contributed by atoms with van der Waals surface area (Å²) in [4.78, 5) is 3.93. The van der Waals surface area contributed by atoms with Crippen LogP contribution in [0.5, 0.6) is 5.75 Å². The first-order chi connectivity index (χ1) is 7.61. The number of hydrogen-bond donors (Lipinski definition) is 1. The van der Waals surface area contributed by atoms with Crippen LogP contribution >= 0.6 is 11.3 Å². The summed E-state index contributed by atoms with van der Waals surface area (Å²) in [5, 5.41) is 1.91. The maximum absolute atomic E-state index is 13.6. The molecule has 1 heterocycles. The third kappa shape index (κ3) is 1.83. The Morgan fingerprint density at radius 3 is 2.69 bits per heavy atom. The van der Waals surface area contributed by atoms with E-state index in [1.807, 2.05) is 0 Å². The number of halogens is 2. The quantitative estimate of drug-likeness (QED) is 0.880. The van der Waals surface area contributed by atoms with E-state index >= 15 is 0 Å². The Bertz CT molecular complexity index is 528. The average Bonchev–Trinajstić information content (AvgIpc) is 2.63. The van der Waals surface area contributed by atoms with Crippen LogP contribution < -0.4 is 10.5 Å². The first-order valence-corrected chi connectivity index (χ1v) is 5.24. The zero-order valence-corrected chi connectivity index (χ0v) is 9.15. The Balaban J connectivity index is 2.63. The van der Waals surface area contributed by atoms with Gasteiger partial charge in [-0.2, -0.15) is 0 Å². The van der Waals surface area contributed by atoms with Crippen molar-refractivity contribution >= 4 is 16.5 Å². The van der Waals surface area contributed by atoms with Gasteiger partial charge in [-0.15, -0.1) is 11.3 Å². The minimum atomic E-state index is -0.720. The molecular formula is C10H8F2N2OS. The summed E-state index contributed by atoms with van der Waals surface area (Å²) in [6.45, 7) is 0. The highest BCUT2D eigenvalue weighted by atomic mass is 32.1.